The molecule has 212 valence electrons. The van der Waals surface area contributed by atoms with Crippen LogP contribution in [0.15, 0.2) is 78.9 Å². The van der Waals surface area contributed by atoms with Gasteiger partial charge in [-0.05, 0) is 92.0 Å². The molecule has 0 aliphatic carbocycles. The van der Waals surface area contributed by atoms with Crippen LogP contribution in [0.4, 0.5) is 23.3 Å². The Bertz CT molecular complexity index is 1740. The summed E-state index contributed by atoms with van der Waals surface area (Å²) >= 11 is 11.0. The van der Waals surface area contributed by atoms with E-state index in [0.29, 0.717) is 17.2 Å². The molecule has 0 radical (unpaired) electrons. The smallest absolute Gasteiger partial charge is 0.328 e. The second-order valence-corrected chi connectivity index (χ2v) is 9.57. The summed E-state index contributed by atoms with van der Waals surface area (Å²) in [6, 6.07) is 24.2. The third kappa shape index (κ3) is 7.33. The zero-order chi connectivity index (χ0) is 29.5. The molecule has 2 heterocycles. The highest BCUT2D eigenvalue weighted by Gasteiger charge is 2.14. The normalized spacial score (nSPS) is 10.5. The number of nitrogens with zero attached hydrogens (tertiary/aromatic N) is 4. The summed E-state index contributed by atoms with van der Waals surface area (Å²) in [5.74, 6) is 2.16. The van der Waals surface area contributed by atoms with Gasteiger partial charge in [-0.15, -0.1) is 0 Å². The fourth-order valence-corrected chi connectivity index (χ4v) is 4.22. The maximum atomic E-state index is 6.11. The third-order valence-electron chi connectivity index (χ3n) is 5.81. The van der Waals surface area contributed by atoms with Gasteiger partial charge in [-0.2, -0.15) is 15.0 Å². The topological polar surface area (TPSA) is 127 Å². The van der Waals surface area contributed by atoms with Crippen LogP contribution in [0.1, 0.15) is 5.69 Å². The van der Waals surface area contributed by atoms with E-state index in [1.165, 1.54) is 0 Å². The standard InChI is InChI=1S/C29H26N8O3S2/c1-17-24(16-18-15-22(39-3)13-14-23(18)30-17)40-27-34-25(36-28(41)31-19-7-5-4-6-8-19)33-26(35-27)37-29(42)32-20-9-11-21(38-2)12-10-20/h4-16H,1-3H3,(H4,31,32,33,34,35,36,37,41,42). The van der Waals surface area contributed by atoms with E-state index in [-0.39, 0.29) is 28.1 Å². The molecule has 0 aliphatic rings. The second kappa shape index (κ2) is 13.0. The Morgan fingerprint density at radius 1 is 0.643 bits per heavy atom. The molecule has 0 aliphatic heterocycles. The first-order valence-corrected chi connectivity index (χ1v) is 13.4. The molecule has 42 heavy (non-hydrogen) atoms. The Morgan fingerprint density at radius 2 is 1.24 bits per heavy atom. The molecule has 5 rings (SSSR count). The first kappa shape index (κ1) is 28.4. The Kier molecular flexibility index (Phi) is 8.80. The van der Waals surface area contributed by atoms with Crippen molar-refractivity contribution in [1.29, 1.82) is 0 Å². The number of ether oxygens (including phenoxy) is 3. The molecular weight excluding hydrogens is 573 g/mol. The van der Waals surface area contributed by atoms with Gasteiger partial charge in [-0.25, -0.2) is 4.98 Å². The van der Waals surface area contributed by atoms with Crippen LogP contribution in [-0.2, 0) is 0 Å². The number of aryl methyl sites for hydroxylation is 1. The number of hydrogen-bond donors (Lipinski definition) is 4. The molecule has 0 amide bonds. The minimum atomic E-state index is -0.00287. The van der Waals surface area contributed by atoms with Crippen molar-refractivity contribution < 1.29 is 14.2 Å². The lowest BCUT2D eigenvalue weighted by Crippen LogP contribution is -2.23. The van der Waals surface area contributed by atoms with E-state index in [0.717, 1.165) is 28.0 Å². The highest BCUT2D eigenvalue weighted by Crippen LogP contribution is 2.29. The molecule has 0 saturated carbocycles. The predicted octanol–water partition coefficient (Wildman–Crippen LogP) is 6.16. The van der Waals surface area contributed by atoms with E-state index >= 15 is 0 Å². The van der Waals surface area contributed by atoms with Crippen LogP contribution in [0.3, 0.4) is 0 Å². The maximum absolute atomic E-state index is 6.11. The fraction of sp³-hybridized carbons (Fsp3) is 0.103. The van der Waals surface area contributed by atoms with E-state index < -0.39 is 0 Å². The van der Waals surface area contributed by atoms with Crippen molar-refractivity contribution in [3.8, 4) is 23.3 Å². The number of anilines is 4. The number of rotatable bonds is 8. The van der Waals surface area contributed by atoms with Crippen LogP contribution in [0.2, 0.25) is 0 Å². The fourth-order valence-electron chi connectivity index (χ4n) is 3.80. The van der Waals surface area contributed by atoms with E-state index in [1.54, 1.807) is 14.2 Å². The number of benzene rings is 3. The van der Waals surface area contributed by atoms with Crippen LogP contribution in [0, 0.1) is 6.92 Å². The Hall–Kier alpha value is -5.14. The van der Waals surface area contributed by atoms with E-state index in [9.17, 15) is 0 Å². The summed E-state index contributed by atoms with van der Waals surface area (Å²) in [5.41, 5.74) is 3.00. The zero-order valence-electron chi connectivity index (χ0n) is 22.8. The first-order chi connectivity index (χ1) is 20.4. The summed E-state index contributed by atoms with van der Waals surface area (Å²) in [5, 5.41) is 13.5. The Balaban J connectivity index is 1.41. The number of para-hydroxylation sites is 1. The minimum absolute atomic E-state index is 0.00287. The average molecular weight is 599 g/mol. The Morgan fingerprint density at radius 3 is 1.86 bits per heavy atom. The van der Waals surface area contributed by atoms with Crippen molar-refractivity contribution in [2.45, 2.75) is 6.92 Å². The van der Waals surface area contributed by atoms with E-state index in [1.807, 2.05) is 85.8 Å². The molecule has 0 fully saturated rings. The van der Waals surface area contributed by atoms with Crippen LogP contribution >= 0.6 is 24.4 Å². The van der Waals surface area contributed by atoms with Crippen molar-refractivity contribution in [2.24, 2.45) is 0 Å². The summed E-state index contributed by atoms with van der Waals surface area (Å²) in [4.78, 5) is 17.9. The Labute approximate surface area is 252 Å². The number of aromatic nitrogens is 4. The summed E-state index contributed by atoms with van der Waals surface area (Å²) < 4.78 is 16.7. The van der Waals surface area contributed by atoms with Crippen molar-refractivity contribution in [1.82, 2.24) is 19.9 Å². The molecule has 3 aromatic carbocycles. The van der Waals surface area contributed by atoms with Gasteiger partial charge < -0.3 is 35.5 Å². The summed E-state index contributed by atoms with van der Waals surface area (Å²) in [7, 11) is 3.22. The molecular formula is C29H26N8O3S2. The molecule has 5 aromatic rings. The molecule has 4 N–H and O–H groups in total. The SMILES string of the molecule is COc1ccc(NC(=S)Nc2nc(NC(=S)Nc3ccccc3)nc(Oc3cc4cc(OC)ccc4nc3C)n2)cc1. The lowest BCUT2D eigenvalue weighted by atomic mass is 10.2. The number of thiocarbonyl (C=S) groups is 2. The van der Waals surface area contributed by atoms with Crippen molar-refractivity contribution in [2.75, 3.05) is 35.5 Å². The molecule has 11 nitrogen and oxygen atoms in total. The largest absolute Gasteiger partial charge is 0.497 e. The van der Waals surface area contributed by atoms with Gasteiger partial charge in [0, 0.05) is 16.8 Å². The molecule has 13 heteroatoms. The van der Waals surface area contributed by atoms with Gasteiger partial charge in [0.05, 0.1) is 25.4 Å². The van der Waals surface area contributed by atoms with Gasteiger partial charge in [0.2, 0.25) is 11.9 Å². The van der Waals surface area contributed by atoms with Gasteiger partial charge in [0.25, 0.3) is 0 Å². The number of pyridine rings is 1. The molecule has 0 bridgehead atoms. The number of fused-ring (bicyclic) bond motifs is 1. The average Bonchev–Trinajstić information content (AvgIpc) is 2.98. The second-order valence-electron chi connectivity index (χ2n) is 8.75. The number of methoxy groups -OCH3 is 2. The minimum Gasteiger partial charge on any atom is -0.497 e. The lowest BCUT2D eigenvalue weighted by Gasteiger charge is -2.14. The zero-order valence-corrected chi connectivity index (χ0v) is 24.5. The quantitative estimate of drug-likeness (QED) is 0.153. The predicted molar refractivity (Wildman–Crippen MR) is 172 cm³/mol. The van der Waals surface area contributed by atoms with Crippen LogP contribution in [-0.4, -0.2) is 44.4 Å². The van der Waals surface area contributed by atoms with Gasteiger partial charge in [-0.3, -0.25) is 0 Å². The van der Waals surface area contributed by atoms with Crippen LogP contribution < -0.4 is 35.5 Å². The molecule has 0 saturated heterocycles. The highest BCUT2D eigenvalue weighted by atomic mass is 32.1. The number of nitrogens with one attached hydrogen (secondary N) is 4. The van der Waals surface area contributed by atoms with E-state index in [2.05, 4.69) is 41.2 Å². The number of hydrogen-bond acceptors (Lipinski definition) is 9. The molecule has 0 unspecified atom stereocenters. The van der Waals surface area contributed by atoms with Crippen LogP contribution in [0.25, 0.3) is 10.9 Å². The van der Waals surface area contributed by atoms with Gasteiger partial charge in [-0.1, -0.05) is 18.2 Å². The summed E-state index contributed by atoms with van der Waals surface area (Å²) in [6.07, 6.45) is 0. The molecule has 0 atom stereocenters. The van der Waals surface area contributed by atoms with Crippen molar-refractivity contribution >= 4 is 68.8 Å². The molecule has 0 spiro atoms. The van der Waals surface area contributed by atoms with E-state index in [4.69, 9.17) is 38.6 Å². The summed E-state index contributed by atoms with van der Waals surface area (Å²) in [6.45, 7) is 1.84. The van der Waals surface area contributed by atoms with Crippen molar-refractivity contribution in [3.05, 3.63) is 84.6 Å². The third-order valence-corrected chi connectivity index (χ3v) is 6.22. The van der Waals surface area contributed by atoms with Crippen molar-refractivity contribution in [3.63, 3.8) is 0 Å². The van der Waals surface area contributed by atoms with Gasteiger partial charge in [0.1, 0.15) is 11.5 Å². The first-order valence-electron chi connectivity index (χ1n) is 12.6. The lowest BCUT2D eigenvalue weighted by molar-refractivity contribution is 0.415. The van der Waals surface area contributed by atoms with Gasteiger partial charge >= 0.3 is 6.01 Å². The van der Waals surface area contributed by atoms with Crippen LogP contribution in [0.5, 0.6) is 23.3 Å². The monoisotopic (exact) mass is 598 g/mol. The van der Waals surface area contributed by atoms with Gasteiger partial charge in [0.15, 0.2) is 16.0 Å². The highest BCUT2D eigenvalue weighted by molar-refractivity contribution is 7.81. The molecule has 2 aromatic heterocycles. The maximum Gasteiger partial charge on any atom is 0.328 e.